The molecular weight excluding hydrogens is 347 g/mol. The molecule has 0 aliphatic carbocycles. The van der Waals surface area contributed by atoms with Crippen molar-refractivity contribution in [3.05, 3.63) is 57.6 Å². The van der Waals surface area contributed by atoms with Crippen molar-refractivity contribution >= 4 is 34.8 Å². The summed E-state index contributed by atoms with van der Waals surface area (Å²) in [5, 5.41) is 3.72. The van der Waals surface area contributed by atoms with Crippen LogP contribution in [-0.4, -0.2) is 26.6 Å². The summed E-state index contributed by atoms with van der Waals surface area (Å²) in [5.74, 6) is 0.674. The number of nitrogens with one attached hydrogen (secondary N) is 2. The summed E-state index contributed by atoms with van der Waals surface area (Å²) >= 11 is 12.3. The van der Waals surface area contributed by atoms with Crippen molar-refractivity contribution < 1.29 is 14.4 Å². The smallest absolute Gasteiger partial charge is 0.279 e. The van der Waals surface area contributed by atoms with Crippen LogP contribution in [0.25, 0.3) is 0 Å². The van der Waals surface area contributed by atoms with Crippen molar-refractivity contribution in [2.75, 3.05) is 26.0 Å². The van der Waals surface area contributed by atoms with E-state index in [4.69, 9.17) is 27.9 Å². The molecule has 0 saturated heterocycles. The Kier molecular flexibility index (Phi) is 6.49. The van der Waals surface area contributed by atoms with Crippen LogP contribution in [0.1, 0.15) is 11.1 Å². The van der Waals surface area contributed by atoms with Gasteiger partial charge in [0.1, 0.15) is 12.3 Å². The third kappa shape index (κ3) is 4.87. The number of benzene rings is 2. The van der Waals surface area contributed by atoms with E-state index >= 15 is 0 Å². The molecule has 2 aromatic carbocycles. The fourth-order valence-electron chi connectivity index (χ4n) is 2.42. The Morgan fingerprint density at radius 2 is 2.00 bits per heavy atom. The molecule has 1 amide bonds. The van der Waals surface area contributed by atoms with Crippen LogP contribution in [0, 0.1) is 6.92 Å². The number of amides is 1. The molecule has 2 rings (SSSR count). The normalized spacial score (nSPS) is 11.9. The number of carbonyl (C=O) groups excluding carboxylic acids is 1. The number of halogens is 2. The van der Waals surface area contributed by atoms with Crippen LogP contribution >= 0.6 is 23.2 Å². The van der Waals surface area contributed by atoms with Crippen molar-refractivity contribution in [2.24, 2.45) is 0 Å². The highest BCUT2D eigenvalue weighted by molar-refractivity contribution is 6.40. The number of aryl methyl sites for hydroxylation is 1. The van der Waals surface area contributed by atoms with E-state index in [1.165, 1.54) is 0 Å². The molecule has 1 atom stereocenters. The van der Waals surface area contributed by atoms with Gasteiger partial charge in [-0.1, -0.05) is 41.4 Å². The van der Waals surface area contributed by atoms with Gasteiger partial charge in [-0.2, -0.15) is 0 Å². The summed E-state index contributed by atoms with van der Waals surface area (Å²) in [4.78, 5) is 13.3. The Morgan fingerprint density at radius 3 is 2.71 bits per heavy atom. The molecule has 24 heavy (non-hydrogen) atoms. The van der Waals surface area contributed by atoms with Gasteiger partial charge in [-0.05, 0) is 30.7 Å². The molecule has 0 fully saturated rings. The molecule has 0 aromatic heterocycles. The van der Waals surface area contributed by atoms with Crippen LogP contribution in [-0.2, 0) is 11.3 Å². The minimum atomic E-state index is -0.134. The van der Waals surface area contributed by atoms with Crippen LogP contribution in [0.3, 0.4) is 0 Å². The van der Waals surface area contributed by atoms with Crippen molar-refractivity contribution in [1.82, 2.24) is 0 Å². The van der Waals surface area contributed by atoms with Crippen LogP contribution in [0.5, 0.6) is 5.75 Å². The van der Waals surface area contributed by atoms with Gasteiger partial charge in [-0.15, -0.1) is 0 Å². The van der Waals surface area contributed by atoms with Gasteiger partial charge in [-0.3, -0.25) is 4.79 Å². The summed E-state index contributed by atoms with van der Waals surface area (Å²) in [6.07, 6.45) is 0. The molecule has 0 radical (unpaired) electrons. The summed E-state index contributed by atoms with van der Waals surface area (Å²) in [7, 11) is 3.59. The topological polar surface area (TPSA) is 42.8 Å². The van der Waals surface area contributed by atoms with Crippen LogP contribution in [0.4, 0.5) is 5.69 Å². The maximum absolute atomic E-state index is 12.3. The predicted molar refractivity (Wildman–Crippen MR) is 98.3 cm³/mol. The van der Waals surface area contributed by atoms with E-state index in [1.807, 2.05) is 44.3 Å². The largest absolute Gasteiger partial charge is 0.497 e. The second-order valence-corrected chi connectivity index (χ2v) is 6.55. The maximum Gasteiger partial charge on any atom is 0.279 e. The van der Waals surface area contributed by atoms with Crippen LogP contribution in [0.15, 0.2) is 36.4 Å². The van der Waals surface area contributed by atoms with Crippen molar-refractivity contribution in [3.8, 4) is 5.75 Å². The number of carbonyl (C=O) groups is 1. The van der Waals surface area contributed by atoms with Crippen molar-refractivity contribution in [1.29, 1.82) is 0 Å². The third-order valence-electron chi connectivity index (χ3n) is 3.65. The standard InChI is InChI=1S/C18H20Cl2N2O2/c1-12-7-8-15(19)18(17(12)20)21-16(23)11-22(2)10-13-5-4-6-14(9-13)24-3/h4-9H,10-11H2,1-3H3,(H,21,23)/p+1. The molecule has 0 saturated carbocycles. The molecule has 1 unspecified atom stereocenters. The first-order chi connectivity index (χ1) is 11.4. The number of hydrogen-bond acceptors (Lipinski definition) is 2. The Morgan fingerprint density at radius 1 is 1.25 bits per heavy atom. The molecule has 0 bridgehead atoms. The number of hydrogen-bond donors (Lipinski definition) is 2. The summed E-state index contributed by atoms with van der Waals surface area (Å²) in [6, 6.07) is 11.4. The first kappa shape index (κ1) is 18.6. The number of ether oxygens (including phenoxy) is 1. The lowest BCUT2D eigenvalue weighted by Gasteiger charge is -2.16. The van der Waals surface area contributed by atoms with Gasteiger partial charge in [-0.25, -0.2) is 0 Å². The highest BCUT2D eigenvalue weighted by Gasteiger charge is 2.15. The van der Waals surface area contributed by atoms with Crippen LogP contribution < -0.4 is 15.0 Å². The number of rotatable bonds is 6. The zero-order chi connectivity index (χ0) is 17.7. The Bertz CT molecular complexity index is 735. The van der Waals surface area contributed by atoms with Gasteiger partial charge in [0.25, 0.3) is 5.91 Å². The number of methoxy groups -OCH3 is 1. The zero-order valence-electron chi connectivity index (χ0n) is 14.0. The molecule has 4 nitrogen and oxygen atoms in total. The summed E-state index contributed by atoms with van der Waals surface area (Å²) < 4.78 is 5.22. The molecule has 128 valence electrons. The van der Waals surface area contributed by atoms with Gasteiger partial charge < -0.3 is 15.0 Å². The minimum absolute atomic E-state index is 0.134. The molecule has 0 heterocycles. The fraction of sp³-hybridized carbons (Fsp3) is 0.278. The van der Waals surface area contributed by atoms with E-state index in [2.05, 4.69) is 5.32 Å². The molecule has 2 aromatic rings. The number of quaternary nitrogens is 1. The van der Waals surface area contributed by atoms with E-state index in [0.29, 0.717) is 28.8 Å². The SMILES string of the molecule is COc1cccc(C[NH+](C)CC(=O)Nc2c(Cl)ccc(C)c2Cl)c1. The van der Waals surface area contributed by atoms with E-state index < -0.39 is 0 Å². The summed E-state index contributed by atoms with van der Waals surface area (Å²) in [6.45, 7) is 2.88. The van der Waals surface area contributed by atoms with Gasteiger partial charge >= 0.3 is 0 Å². The van der Waals surface area contributed by atoms with Gasteiger partial charge in [0.2, 0.25) is 0 Å². The van der Waals surface area contributed by atoms with Crippen LogP contribution in [0.2, 0.25) is 10.0 Å². The molecule has 2 N–H and O–H groups in total. The lowest BCUT2D eigenvalue weighted by Crippen LogP contribution is -3.08. The van der Waals surface area contributed by atoms with E-state index in [0.717, 1.165) is 21.8 Å². The van der Waals surface area contributed by atoms with E-state index in [1.54, 1.807) is 13.2 Å². The maximum atomic E-state index is 12.3. The molecule has 0 aliphatic rings. The van der Waals surface area contributed by atoms with Crippen molar-refractivity contribution in [3.63, 3.8) is 0 Å². The molecule has 0 spiro atoms. The first-order valence-electron chi connectivity index (χ1n) is 7.59. The molecule has 6 heteroatoms. The zero-order valence-corrected chi connectivity index (χ0v) is 15.5. The van der Waals surface area contributed by atoms with Gasteiger partial charge in [0.15, 0.2) is 6.54 Å². The monoisotopic (exact) mass is 367 g/mol. The second-order valence-electron chi connectivity index (χ2n) is 5.76. The van der Waals surface area contributed by atoms with Crippen molar-refractivity contribution in [2.45, 2.75) is 13.5 Å². The van der Waals surface area contributed by atoms with Gasteiger partial charge in [0, 0.05) is 5.56 Å². The summed E-state index contributed by atoms with van der Waals surface area (Å²) in [5.41, 5.74) is 2.44. The number of likely N-dealkylation sites (N-methyl/N-ethyl adjacent to an activating group) is 1. The Hall–Kier alpha value is -1.75. The quantitative estimate of drug-likeness (QED) is 0.823. The Labute approximate surface area is 152 Å². The fourth-order valence-corrected chi connectivity index (χ4v) is 2.89. The van der Waals surface area contributed by atoms with E-state index in [9.17, 15) is 4.79 Å². The third-order valence-corrected chi connectivity index (χ3v) is 4.45. The molecular formula is C18H21Cl2N2O2+. The average molecular weight is 368 g/mol. The lowest BCUT2D eigenvalue weighted by molar-refractivity contribution is -0.885. The first-order valence-corrected chi connectivity index (χ1v) is 8.35. The second kappa shape index (κ2) is 8.38. The average Bonchev–Trinajstić information content (AvgIpc) is 2.55. The highest BCUT2D eigenvalue weighted by atomic mass is 35.5. The highest BCUT2D eigenvalue weighted by Crippen LogP contribution is 2.32. The lowest BCUT2D eigenvalue weighted by atomic mass is 10.2. The number of anilines is 1. The Balaban J connectivity index is 1.98. The predicted octanol–water partition coefficient (Wildman–Crippen LogP) is 2.96. The molecule has 0 aliphatic heterocycles. The van der Waals surface area contributed by atoms with E-state index in [-0.39, 0.29) is 5.91 Å². The van der Waals surface area contributed by atoms with Gasteiger partial charge in [0.05, 0.1) is 29.9 Å². The minimum Gasteiger partial charge on any atom is -0.497 e.